The van der Waals surface area contributed by atoms with Crippen molar-refractivity contribution in [2.24, 2.45) is 0 Å². The molecule has 1 spiro atoms. The summed E-state index contributed by atoms with van der Waals surface area (Å²) in [5, 5.41) is 18.8. The van der Waals surface area contributed by atoms with Crippen molar-refractivity contribution in [1.29, 1.82) is 0 Å². The molecule has 2 aliphatic rings. The first-order chi connectivity index (χ1) is 10.3. The summed E-state index contributed by atoms with van der Waals surface area (Å²) < 4.78 is 7.96. The molecule has 6 nitrogen and oxygen atoms in total. The summed E-state index contributed by atoms with van der Waals surface area (Å²) >= 11 is 0. The van der Waals surface area contributed by atoms with Gasteiger partial charge in [0, 0.05) is 25.9 Å². The summed E-state index contributed by atoms with van der Waals surface area (Å²) in [7, 11) is 0. The van der Waals surface area contributed by atoms with Crippen molar-refractivity contribution in [3.8, 4) is 0 Å². The van der Waals surface area contributed by atoms with Crippen LogP contribution in [0, 0.1) is 0 Å². The molecule has 0 unspecified atom stereocenters. The van der Waals surface area contributed by atoms with Gasteiger partial charge >= 0.3 is 0 Å². The molecular weight excluding hydrogens is 268 g/mol. The van der Waals surface area contributed by atoms with Gasteiger partial charge in [-0.2, -0.15) is 0 Å². The number of rotatable bonds is 1. The van der Waals surface area contributed by atoms with E-state index in [-0.39, 0.29) is 11.7 Å². The normalized spacial score (nSPS) is 25.6. The Bertz CT molecular complexity index is 633. The molecular formula is C15H20N4O2. The highest BCUT2D eigenvalue weighted by atomic mass is 16.5. The van der Waals surface area contributed by atoms with Crippen LogP contribution >= 0.6 is 0 Å². The topological polar surface area (TPSA) is 62.9 Å². The Hall–Kier alpha value is -1.66. The molecule has 0 aromatic carbocycles. The number of anilines is 1. The van der Waals surface area contributed by atoms with Gasteiger partial charge in [-0.05, 0) is 37.8 Å². The van der Waals surface area contributed by atoms with Crippen molar-refractivity contribution >= 4 is 11.6 Å². The molecule has 1 atom stereocenters. The van der Waals surface area contributed by atoms with Crippen LogP contribution in [-0.4, -0.2) is 51.1 Å². The Labute approximate surface area is 123 Å². The van der Waals surface area contributed by atoms with E-state index >= 15 is 0 Å². The summed E-state index contributed by atoms with van der Waals surface area (Å²) in [5.74, 6) is 0.880. The maximum absolute atomic E-state index is 10.3. The van der Waals surface area contributed by atoms with Crippen LogP contribution in [0.5, 0.6) is 0 Å². The first kappa shape index (κ1) is 13.0. The zero-order valence-electron chi connectivity index (χ0n) is 12.0. The monoisotopic (exact) mass is 288 g/mol. The molecule has 2 saturated heterocycles. The van der Waals surface area contributed by atoms with Crippen molar-refractivity contribution < 1.29 is 9.84 Å². The number of hydrogen-bond acceptors (Lipinski definition) is 5. The molecule has 2 fully saturated rings. The van der Waals surface area contributed by atoms with Gasteiger partial charge in [0.05, 0.1) is 11.7 Å². The number of aromatic nitrogens is 3. The predicted octanol–water partition coefficient (Wildman–Crippen LogP) is 1.24. The molecule has 0 amide bonds. The number of ether oxygens (including phenoxy) is 1. The number of aliphatic hydroxyl groups excluding tert-OH is 1. The van der Waals surface area contributed by atoms with E-state index in [0.29, 0.717) is 0 Å². The summed E-state index contributed by atoms with van der Waals surface area (Å²) in [6.07, 6.45) is 5.16. The Kier molecular flexibility index (Phi) is 3.08. The van der Waals surface area contributed by atoms with Crippen molar-refractivity contribution in [3.63, 3.8) is 0 Å². The lowest BCUT2D eigenvalue weighted by Gasteiger charge is -2.46. The quantitative estimate of drug-likeness (QED) is 0.855. The Morgan fingerprint density at radius 3 is 2.90 bits per heavy atom. The maximum Gasteiger partial charge on any atom is 0.231 e. The van der Waals surface area contributed by atoms with Crippen LogP contribution in [0.25, 0.3) is 5.65 Å². The van der Waals surface area contributed by atoms with E-state index in [9.17, 15) is 5.11 Å². The summed E-state index contributed by atoms with van der Waals surface area (Å²) in [5.41, 5.74) is 0.525. The average Bonchev–Trinajstić information content (AvgIpc) is 2.95. The molecule has 21 heavy (non-hydrogen) atoms. The fourth-order valence-electron chi connectivity index (χ4n) is 3.52. The molecule has 0 radical (unpaired) electrons. The zero-order valence-corrected chi connectivity index (χ0v) is 12.0. The summed E-state index contributed by atoms with van der Waals surface area (Å²) in [6, 6.07) is 5.90. The van der Waals surface area contributed by atoms with Crippen LogP contribution in [0.4, 0.5) is 5.95 Å². The van der Waals surface area contributed by atoms with Gasteiger partial charge in [0.2, 0.25) is 5.95 Å². The third-order valence-electron chi connectivity index (χ3n) is 4.81. The number of fused-ring (bicyclic) bond motifs is 1. The second kappa shape index (κ2) is 4.96. The first-order valence-electron chi connectivity index (χ1n) is 7.65. The molecule has 2 aromatic rings. The minimum atomic E-state index is -0.338. The van der Waals surface area contributed by atoms with Crippen molar-refractivity contribution in [3.05, 3.63) is 24.4 Å². The lowest BCUT2D eigenvalue weighted by atomic mass is 9.82. The van der Waals surface area contributed by atoms with Crippen molar-refractivity contribution in [1.82, 2.24) is 14.6 Å². The largest absolute Gasteiger partial charge is 0.390 e. The SMILES string of the molecule is O[C@@H]1CCCOC12CCN(c1nnc3ccccn13)CC2. The number of aliphatic hydroxyl groups is 1. The van der Waals surface area contributed by atoms with E-state index in [1.807, 2.05) is 28.8 Å². The molecule has 1 N–H and O–H groups in total. The van der Waals surface area contributed by atoms with Crippen molar-refractivity contribution in [2.75, 3.05) is 24.6 Å². The second-order valence-corrected chi connectivity index (χ2v) is 5.99. The van der Waals surface area contributed by atoms with E-state index in [4.69, 9.17) is 4.74 Å². The van der Waals surface area contributed by atoms with E-state index in [1.165, 1.54) is 0 Å². The van der Waals surface area contributed by atoms with Gasteiger partial charge in [0.15, 0.2) is 5.65 Å². The van der Waals surface area contributed by atoms with Gasteiger partial charge in [-0.25, -0.2) is 0 Å². The van der Waals surface area contributed by atoms with Gasteiger partial charge < -0.3 is 14.7 Å². The fraction of sp³-hybridized carbons (Fsp3) is 0.600. The number of nitrogens with zero attached hydrogens (tertiary/aromatic N) is 4. The second-order valence-electron chi connectivity index (χ2n) is 5.99. The molecule has 0 saturated carbocycles. The molecule has 2 aliphatic heterocycles. The smallest absolute Gasteiger partial charge is 0.231 e. The lowest BCUT2D eigenvalue weighted by Crippen LogP contribution is -2.55. The molecule has 2 aromatic heterocycles. The highest BCUT2D eigenvalue weighted by Gasteiger charge is 2.44. The van der Waals surface area contributed by atoms with E-state index in [1.54, 1.807) is 0 Å². The molecule has 0 aliphatic carbocycles. The van der Waals surface area contributed by atoms with Gasteiger partial charge in [0.1, 0.15) is 0 Å². The standard InChI is InChI=1S/C15H20N4O2/c20-12-4-3-11-21-15(12)6-9-18(10-7-15)14-17-16-13-5-1-2-8-19(13)14/h1-2,5,8,12,20H,3-4,6-7,9-11H2/t12-/m1/s1. The lowest BCUT2D eigenvalue weighted by molar-refractivity contribution is -0.164. The van der Waals surface area contributed by atoms with Gasteiger partial charge in [-0.15, -0.1) is 10.2 Å². The Morgan fingerprint density at radius 2 is 2.10 bits per heavy atom. The summed E-state index contributed by atoms with van der Waals surface area (Å²) in [4.78, 5) is 2.23. The summed E-state index contributed by atoms with van der Waals surface area (Å²) in [6.45, 7) is 2.45. The van der Waals surface area contributed by atoms with E-state index in [2.05, 4.69) is 15.1 Å². The van der Waals surface area contributed by atoms with Crippen LogP contribution in [-0.2, 0) is 4.74 Å². The predicted molar refractivity (Wildman–Crippen MR) is 78.4 cm³/mol. The van der Waals surface area contributed by atoms with E-state index < -0.39 is 0 Å². The molecule has 4 heterocycles. The molecule has 112 valence electrons. The van der Waals surface area contributed by atoms with Crippen LogP contribution < -0.4 is 4.90 Å². The number of hydrogen-bond donors (Lipinski definition) is 1. The van der Waals surface area contributed by atoms with Crippen LogP contribution in [0.1, 0.15) is 25.7 Å². The Balaban J connectivity index is 1.55. The first-order valence-corrected chi connectivity index (χ1v) is 7.65. The average molecular weight is 288 g/mol. The molecule has 0 bridgehead atoms. The van der Waals surface area contributed by atoms with Crippen molar-refractivity contribution in [2.45, 2.75) is 37.4 Å². The zero-order chi connectivity index (χ0) is 14.3. The minimum absolute atomic E-state index is 0.330. The number of piperidine rings is 1. The fourth-order valence-corrected chi connectivity index (χ4v) is 3.52. The highest BCUT2D eigenvalue weighted by molar-refractivity contribution is 5.46. The Morgan fingerprint density at radius 1 is 1.24 bits per heavy atom. The van der Waals surface area contributed by atoms with Crippen LogP contribution in [0.15, 0.2) is 24.4 Å². The van der Waals surface area contributed by atoms with Crippen LogP contribution in [0.3, 0.4) is 0 Å². The highest BCUT2D eigenvalue weighted by Crippen LogP contribution is 2.36. The third-order valence-corrected chi connectivity index (χ3v) is 4.81. The maximum atomic E-state index is 10.3. The van der Waals surface area contributed by atoms with Gasteiger partial charge in [0.25, 0.3) is 0 Å². The van der Waals surface area contributed by atoms with E-state index in [0.717, 1.165) is 57.0 Å². The van der Waals surface area contributed by atoms with Crippen LogP contribution in [0.2, 0.25) is 0 Å². The molecule has 4 rings (SSSR count). The molecule has 6 heteroatoms. The number of pyridine rings is 1. The van der Waals surface area contributed by atoms with Gasteiger partial charge in [-0.3, -0.25) is 4.40 Å². The van der Waals surface area contributed by atoms with Gasteiger partial charge in [-0.1, -0.05) is 6.07 Å². The minimum Gasteiger partial charge on any atom is -0.390 e. The third kappa shape index (κ3) is 2.10.